The standard InChI is InChI=1S/C14H30N2.BrH/c1-3-4-5-6-7-8-9-10-11-16-13-12-15(2)14-16;/h3-14H2,1-2H3;1H. The second-order valence-corrected chi connectivity index (χ2v) is 5.46. The molecule has 2 nitrogen and oxygen atoms in total. The van der Waals surface area contributed by atoms with Gasteiger partial charge in [-0.3, -0.25) is 4.90 Å². The van der Waals surface area contributed by atoms with Crippen LogP contribution in [0.5, 0.6) is 0 Å². The van der Waals surface area contributed by atoms with Gasteiger partial charge in [-0.05, 0) is 19.9 Å². The van der Waals surface area contributed by atoms with E-state index in [1.165, 1.54) is 77.7 Å². The molecule has 0 bridgehead atoms. The zero-order valence-electron chi connectivity index (χ0n) is 11.8. The number of likely N-dealkylation sites (N-methyl/N-ethyl adjacent to an activating group) is 1. The van der Waals surface area contributed by atoms with Crippen molar-refractivity contribution in [3.05, 3.63) is 0 Å². The van der Waals surface area contributed by atoms with E-state index < -0.39 is 0 Å². The minimum atomic E-state index is 0. The molecule has 1 unspecified atom stereocenters. The molecule has 0 aromatic heterocycles. The number of nitrogens with one attached hydrogen (secondary N) is 1. The molecule has 1 N–H and O–H groups in total. The van der Waals surface area contributed by atoms with Crippen LogP contribution in [-0.2, 0) is 0 Å². The van der Waals surface area contributed by atoms with Crippen molar-refractivity contribution in [2.24, 2.45) is 0 Å². The van der Waals surface area contributed by atoms with Crippen molar-refractivity contribution in [3.8, 4) is 0 Å². The molecular weight excluding hydrogens is 276 g/mol. The summed E-state index contributed by atoms with van der Waals surface area (Å²) in [5.74, 6) is 0. The molecule has 1 saturated heterocycles. The molecule has 1 aliphatic rings. The maximum absolute atomic E-state index is 2.44. The van der Waals surface area contributed by atoms with Crippen molar-refractivity contribution in [2.45, 2.75) is 58.3 Å². The Bertz CT molecular complexity index is 164. The van der Waals surface area contributed by atoms with E-state index >= 15 is 0 Å². The SMILES string of the molecule is CCCCCCCCCC[NH+]1CCN(C)C1.[Br-]. The van der Waals surface area contributed by atoms with Crippen LogP contribution in [0.1, 0.15) is 58.3 Å². The summed E-state index contributed by atoms with van der Waals surface area (Å²) >= 11 is 0. The highest BCUT2D eigenvalue weighted by molar-refractivity contribution is 4.50. The Morgan fingerprint density at radius 2 is 1.53 bits per heavy atom. The Morgan fingerprint density at radius 1 is 0.941 bits per heavy atom. The van der Waals surface area contributed by atoms with Gasteiger partial charge in [0.15, 0.2) is 0 Å². The topological polar surface area (TPSA) is 7.68 Å². The lowest BCUT2D eigenvalue weighted by molar-refractivity contribution is -0.891. The van der Waals surface area contributed by atoms with Crippen molar-refractivity contribution in [1.82, 2.24) is 4.90 Å². The Hall–Kier alpha value is 0.400. The van der Waals surface area contributed by atoms with Crippen molar-refractivity contribution in [2.75, 3.05) is 33.4 Å². The molecule has 1 fully saturated rings. The van der Waals surface area contributed by atoms with E-state index in [-0.39, 0.29) is 17.0 Å². The normalized spacial score (nSPS) is 20.5. The van der Waals surface area contributed by atoms with E-state index in [0.29, 0.717) is 0 Å². The number of unbranched alkanes of at least 4 members (excludes halogenated alkanes) is 7. The van der Waals surface area contributed by atoms with Crippen LogP contribution in [0.4, 0.5) is 0 Å². The Morgan fingerprint density at radius 3 is 2.06 bits per heavy atom. The van der Waals surface area contributed by atoms with Gasteiger partial charge in [0.1, 0.15) is 6.67 Å². The number of halogens is 1. The largest absolute Gasteiger partial charge is 1.00 e. The molecule has 17 heavy (non-hydrogen) atoms. The van der Waals surface area contributed by atoms with E-state index in [0.717, 1.165) is 0 Å². The monoisotopic (exact) mass is 306 g/mol. The summed E-state index contributed by atoms with van der Waals surface area (Å²) < 4.78 is 0. The first kappa shape index (κ1) is 17.4. The summed E-state index contributed by atoms with van der Waals surface area (Å²) in [4.78, 5) is 4.24. The fourth-order valence-electron chi connectivity index (χ4n) is 2.60. The van der Waals surface area contributed by atoms with Crippen molar-refractivity contribution in [3.63, 3.8) is 0 Å². The van der Waals surface area contributed by atoms with Gasteiger partial charge in [-0.15, -0.1) is 0 Å². The van der Waals surface area contributed by atoms with Gasteiger partial charge < -0.3 is 21.9 Å². The zero-order valence-corrected chi connectivity index (χ0v) is 13.4. The van der Waals surface area contributed by atoms with Gasteiger partial charge in [-0.25, -0.2) is 0 Å². The molecule has 0 radical (unpaired) electrons. The van der Waals surface area contributed by atoms with E-state index in [1.54, 1.807) is 4.90 Å². The van der Waals surface area contributed by atoms with Crippen LogP contribution in [-0.4, -0.2) is 38.3 Å². The van der Waals surface area contributed by atoms with Crippen LogP contribution >= 0.6 is 0 Å². The third-order valence-electron chi connectivity index (χ3n) is 3.72. The third-order valence-corrected chi connectivity index (χ3v) is 3.72. The summed E-state index contributed by atoms with van der Waals surface area (Å²) in [5, 5.41) is 0. The van der Waals surface area contributed by atoms with Crippen molar-refractivity contribution < 1.29 is 21.9 Å². The molecule has 1 atom stereocenters. The molecule has 0 aromatic rings. The maximum Gasteiger partial charge on any atom is 0.133 e. The van der Waals surface area contributed by atoms with Crippen molar-refractivity contribution in [1.29, 1.82) is 0 Å². The maximum atomic E-state index is 2.44. The first-order valence-electron chi connectivity index (χ1n) is 7.35. The fraction of sp³-hybridized carbons (Fsp3) is 1.00. The Balaban J connectivity index is 0.00000256. The van der Waals surface area contributed by atoms with Gasteiger partial charge in [0.05, 0.1) is 19.6 Å². The average molecular weight is 307 g/mol. The highest BCUT2D eigenvalue weighted by atomic mass is 79.9. The van der Waals surface area contributed by atoms with Gasteiger partial charge in [0.2, 0.25) is 0 Å². The first-order valence-corrected chi connectivity index (χ1v) is 7.35. The van der Waals surface area contributed by atoms with Crippen LogP contribution in [0.2, 0.25) is 0 Å². The van der Waals surface area contributed by atoms with E-state index in [2.05, 4.69) is 18.9 Å². The van der Waals surface area contributed by atoms with Crippen LogP contribution in [0.15, 0.2) is 0 Å². The van der Waals surface area contributed by atoms with Crippen LogP contribution in [0.25, 0.3) is 0 Å². The minimum absolute atomic E-state index is 0. The lowest BCUT2D eigenvalue weighted by Crippen LogP contribution is -3.10. The quantitative estimate of drug-likeness (QED) is 0.533. The zero-order chi connectivity index (χ0) is 11.6. The Kier molecular flexibility index (Phi) is 11.8. The van der Waals surface area contributed by atoms with Gasteiger partial charge in [0.25, 0.3) is 0 Å². The molecule has 1 aliphatic heterocycles. The van der Waals surface area contributed by atoms with Gasteiger partial charge in [0, 0.05) is 0 Å². The van der Waals surface area contributed by atoms with E-state index in [4.69, 9.17) is 0 Å². The molecule has 1 rings (SSSR count). The molecule has 0 spiro atoms. The predicted octanol–water partition coefficient (Wildman–Crippen LogP) is -1.08. The molecule has 0 aliphatic carbocycles. The first-order chi connectivity index (χ1) is 7.83. The molecule has 104 valence electrons. The molecule has 0 amide bonds. The minimum Gasteiger partial charge on any atom is -1.00 e. The highest BCUT2D eigenvalue weighted by Gasteiger charge is 2.18. The summed E-state index contributed by atoms with van der Waals surface area (Å²) in [5.41, 5.74) is 0. The van der Waals surface area contributed by atoms with Crippen LogP contribution < -0.4 is 21.9 Å². The third kappa shape index (κ3) is 9.04. The number of quaternary nitrogens is 1. The average Bonchev–Trinajstić information content (AvgIpc) is 2.68. The van der Waals surface area contributed by atoms with Gasteiger partial charge >= 0.3 is 0 Å². The van der Waals surface area contributed by atoms with Gasteiger partial charge in [-0.1, -0.05) is 45.4 Å². The number of nitrogens with zero attached hydrogens (tertiary/aromatic N) is 1. The van der Waals surface area contributed by atoms with Gasteiger partial charge in [-0.2, -0.15) is 0 Å². The second kappa shape index (κ2) is 11.5. The van der Waals surface area contributed by atoms with E-state index in [1.807, 2.05) is 0 Å². The molecular formula is C14H31BrN2. The van der Waals surface area contributed by atoms with Crippen molar-refractivity contribution >= 4 is 0 Å². The summed E-state index contributed by atoms with van der Waals surface area (Å²) in [6.07, 6.45) is 11.6. The number of rotatable bonds is 9. The number of hydrogen-bond donors (Lipinski definition) is 1. The smallest absolute Gasteiger partial charge is 0.133 e. The van der Waals surface area contributed by atoms with Crippen LogP contribution in [0.3, 0.4) is 0 Å². The van der Waals surface area contributed by atoms with Crippen LogP contribution in [0, 0.1) is 0 Å². The number of hydrogen-bond acceptors (Lipinski definition) is 1. The lowest BCUT2D eigenvalue weighted by Gasteiger charge is -2.12. The molecule has 0 aromatic carbocycles. The summed E-state index contributed by atoms with van der Waals surface area (Å²) in [6.45, 7) is 7.63. The Labute approximate surface area is 119 Å². The fourth-order valence-corrected chi connectivity index (χ4v) is 2.60. The highest BCUT2D eigenvalue weighted by Crippen LogP contribution is 2.07. The second-order valence-electron chi connectivity index (χ2n) is 5.46. The molecule has 1 heterocycles. The summed E-state index contributed by atoms with van der Waals surface area (Å²) in [6, 6.07) is 0. The molecule has 0 saturated carbocycles. The van der Waals surface area contributed by atoms with E-state index in [9.17, 15) is 0 Å². The lowest BCUT2D eigenvalue weighted by atomic mass is 10.1. The molecule has 3 heteroatoms. The summed E-state index contributed by atoms with van der Waals surface area (Å²) in [7, 11) is 2.24. The predicted molar refractivity (Wildman–Crippen MR) is 70.8 cm³/mol.